The summed E-state index contributed by atoms with van der Waals surface area (Å²) in [6, 6.07) is 15.0. The van der Waals surface area contributed by atoms with Crippen LogP contribution in [0.1, 0.15) is 16.8 Å². The van der Waals surface area contributed by atoms with Crippen molar-refractivity contribution >= 4 is 28.5 Å². The Morgan fingerprint density at radius 2 is 1.66 bits per heavy atom. The largest absolute Gasteiger partial charge is 0.573 e. The summed E-state index contributed by atoms with van der Waals surface area (Å²) in [4.78, 5) is 27.7. The SMILES string of the molecule is COc1cc2c(Oc3ccc(NC(=O)c4ccc(OC(F)(F)F)cc4)cc3)ccnc2cc1OCC[C@H](N)C(=O)O. The highest BCUT2D eigenvalue weighted by molar-refractivity contribution is 6.04. The summed E-state index contributed by atoms with van der Waals surface area (Å²) in [5.41, 5.74) is 6.64. The van der Waals surface area contributed by atoms with Crippen molar-refractivity contribution in [3.8, 4) is 28.7 Å². The molecule has 4 rings (SSSR count). The quantitative estimate of drug-likeness (QED) is 0.217. The minimum Gasteiger partial charge on any atom is -0.493 e. The number of halogens is 3. The number of methoxy groups -OCH3 is 1. The third-order valence-electron chi connectivity index (χ3n) is 5.68. The number of rotatable bonds is 11. The average molecular weight is 572 g/mol. The van der Waals surface area contributed by atoms with Crippen LogP contribution in [0.4, 0.5) is 18.9 Å². The van der Waals surface area contributed by atoms with E-state index in [9.17, 15) is 22.8 Å². The van der Waals surface area contributed by atoms with Gasteiger partial charge in [0.25, 0.3) is 5.91 Å². The number of amides is 1. The first kappa shape index (κ1) is 29.0. The molecule has 0 aliphatic rings. The number of carboxylic acids is 1. The molecular weight excluding hydrogens is 547 g/mol. The molecule has 0 bridgehead atoms. The molecule has 4 N–H and O–H groups in total. The monoisotopic (exact) mass is 571 g/mol. The summed E-state index contributed by atoms with van der Waals surface area (Å²) in [6.45, 7) is 0.0617. The van der Waals surface area contributed by atoms with E-state index in [1.807, 2.05) is 0 Å². The fourth-order valence-electron chi connectivity index (χ4n) is 3.65. The average Bonchev–Trinajstić information content (AvgIpc) is 2.93. The molecule has 0 aliphatic carbocycles. The van der Waals surface area contributed by atoms with Crippen molar-refractivity contribution in [3.63, 3.8) is 0 Å². The second kappa shape index (κ2) is 12.4. The number of fused-ring (bicyclic) bond motifs is 1. The molecule has 13 heteroatoms. The molecule has 10 nitrogen and oxygen atoms in total. The molecule has 1 aromatic heterocycles. The Balaban J connectivity index is 1.43. The molecule has 0 fully saturated rings. The van der Waals surface area contributed by atoms with Gasteiger partial charge in [0.1, 0.15) is 23.3 Å². The van der Waals surface area contributed by atoms with Gasteiger partial charge in [-0.05, 0) is 60.7 Å². The van der Waals surface area contributed by atoms with Crippen molar-refractivity contribution in [3.05, 3.63) is 78.5 Å². The van der Waals surface area contributed by atoms with Crippen LogP contribution in [0, 0.1) is 0 Å². The number of nitrogens with zero attached hydrogens (tertiary/aromatic N) is 1. The fraction of sp³-hybridized carbons (Fsp3) is 0.179. The van der Waals surface area contributed by atoms with Gasteiger partial charge in [0.2, 0.25) is 0 Å². The number of aromatic nitrogens is 1. The number of hydrogen-bond acceptors (Lipinski definition) is 8. The Labute approximate surface area is 231 Å². The number of hydrogen-bond donors (Lipinski definition) is 3. The molecule has 214 valence electrons. The number of ether oxygens (including phenoxy) is 4. The summed E-state index contributed by atoms with van der Waals surface area (Å²) in [7, 11) is 1.46. The molecule has 0 saturated carbocycles. The maximum atomic E-state index is 12.5. The van der Waals surface area contributed by atoms with Crippen LogP contribution in [0.25, 0.3) is 10.9 Å². The van der Waals surface area contributed by atoms with E-state index in [2.05, 4.69) is 15.0 Å². The normalized spacial score (nSPS) is 11.9. The highest BCUT2D eigenvalue weighted by Crippen LogP contribution is 2.37. The molecule has 1 amide bonds. The lowest BCUT2D eigenvalue weighted by atomic mass is 10.1. The van der Waals surface area contributed by atoms with Gasteiger partial charge in [0.15, 0.2) is 11.5 Å². The predicted molar refractivity (Wildman–Crippen MR) is 142 cm³/mol. The van der Waals surface area contributed by atoms with Gasteiger partial charge in [-0.1, -0.05) is 0 Å². The molecule has 1 atom stereocenters. The zero-order chi connectivity index (χ0) is 29.6. The molecular formula is C28H24F3N3O7. The van der Waals surface area contributed by atoms with Crippen molar-refractivity contribution in [1.29, 1.82) is 0 Å². The van der Waals surface area contributed by atoms with E-state index in [1.54, 1.807) is 48.7 Å². The van der Waals surface area contributed by atoms with Gasteiger partial charge >= 0.3 is 12.3 Å². The van der Waals surface area contributed by atoms with E-state index in [0.29, 0.717) is 39.6 Å². The van der Waals surface area contributed by atoms with Crippen molar-refractivity contribution < 1.29 is 46.8 Å². The van der Waals surface area contributed by atoms with Crippen LogP contribution in [0.2, 0.25) is 0 Å². The molecule has 4 aromatic rings. The molecule has 0 spiro atoms. The molecule has 3 aromatic carbocycles. The van der Waals surface area contributed by atoms with Gasteiger partial charge in [-0.25, -0.2) is 0 Å². The van der Waals surface area contributed by atoms with Crippen LogP contribution < -0.4 is 30.0 Å². The van der Waals surface area contributed by atoms with Crippen molar-refractivity contribution in [1.82, 2.24) is 4.98 Å². The lowest BCUT2D eigenvalue weighted by Crippen LogP contribution is -2.31. The van der Waals surface area contributed by atoms with E-state index in [-0.39, 0.29) is 18.6 Å². The minimum atomic E-state index is -4.82. The van der Waals surface area contributed by atoms with Gasteiger partial charge in [-0.15, -0.1) is 13.2 Å². The van der Waals surface area contributed by atoms with E-state index in [0.717, 1.165) is 12.1 Å². The van der Waals surface area contributed by atoms with Crippen molar-refractivity contribution in [2.75, 3.05) is 19.0 Å². The molecule has 41 heavy (non-hydrogen) atoms. The number of pyridine rings is 1. The Morgan fingerprint density at radius 3 is 2.29 bits per heavy atom. The van der Waals surface area contributed by atoms with Crippen LogP contribution in [0.3, 0.4) is 0 Å². The number of anilines is 1. The second-order valence-corrected chi connectivity index (χ2v) is 8.56. The molecule has 0 saturated heterocycles. The summed E-state index contributed by atoms with van der Waals surface area (Å²) in [5.74, 6) is -0.406. The molecule has 0 aliphatic heterocycles. The van der Waals surface area contributed by atoms with Crippen LogP contribution in [-0.2, 0) is 4.79 Å². The first-order chi connectivity index (χ1) is 19.5. The first-order valence-corrected chi connectivity index (χ1v) is 12.1. The lowest BCUT2D eigenvalue weighted by Gasteiger charge is -2.15. The molecule has 1 heterocycles. The van der Waals surface area contributed by atoms with Crippen molar-refractivity contribution in [2.45, 2.75) is 18.8 Å². The fourth-order valence-corrected chi connectivity index (χ4v) is 3.65. The minimum absolute atomic E-state index is 0.0617. The summed E-state index contributed by atoms with van der Waals surface area (Å²) >= 11 is 0. The first-order valence-electron chi connectivity index (χ1n) is 12.1. The summed E-state index contributed by atoms with van der Waals surface area (Å²) < 4.78 is 57.9. The highest BCUT2D eigenvalue weighted by atomic mass is 19.4. The van der Waals surface area contributed by atoms with Gasteiger partial charge in [0, 0.05) is 35.3 Å². The standard InChI is InChI=1S/C28H24F3N3O7/c1-38-24-14-20-22(15-25(24)39-13-11-21(32)27(36)37)33-12-10-23(20)40-18-8-4-17(5-9-18)34-26(35)16-2-6-19(7-3-16)41-28(29,30)31/h2-10,12,14-15,21H,11,13,32H2,1H3,(H,34,35)(H,36,37)/t21-/m0/s1. The van der Waals surface area contributed by atoms with Gasteiger partial charge in [0.05, 0.1) is 19.2 Å². The Hall–Kier alpha value is -5.04. The lowest BCUT2D eigenvalue weighted by molar-refractivity contribution is -0.274. The maximum absolute atomic E-state index is 12.5. The second-order valence-electron chi connectivity index (χ2n) is 8.56. The van der Waals surface area contributed by atoms with E-state index >= 15 is 0 Å². The van der Waals surface area contributed by atoms with Gasteiger partial charge in [-0.2, -0.15) is 0 Å². The Morgan fingerprint density at radius 1 is 0.976 bits per heavy atom. The number of carbonyl (C=O) groups is 2. The summed E-state index contributed by atoms with van der Waals surface area (Å²) in [5, 5.41) is 12.2. The Bertz CT molecular complexity index is 1530. The van der Waals surface area contributed by atoms with Crippen LogP contribution in [0.5, 0.6) is 28.7 Å². The number of aliphatic carboxylic acids is 1. The number of nitrogens with two attached hydrogens (primary N) is 1. The number of carbonyl (C=O) groups excluding carboxylic acids is 1. The van der Waals surface area contributed by atoms with Gasteiger partial charge in [-0.3, -0.25) is 14.6 Å². The van der Waals surface area contributed by atoms with Crippen LogP contribution in [0.15, 0.2) is 72.9 Å². The van der Waals surface area contributed by atoms with E-state index in [4.69, 9.17) is 25.1 Å². The van der Waals surface area contributed by atoms with E-state index < -0.39 is 30.0 Å². The van der Waals surface area contributed by atoms with Crippen LogP contribution >= 0.6 is 0 Å². The number of benzene rings is 3. The zero-order valence-corrected chi connectivity index (χ0v) is 21.5. The number of nitrogens with one attached hydrogen (secondary N) is 1. The third-order valence-corrected chi connectivity index (χ3v) is 5.68. The molecule has 0 unspecified atom stereocenters. The Kier molecular flexibility index (Phi) is 8.78. The highest BCUT2D eigenvalue weighted by Gasteiger charge is 2.31. The smallest absolute Gasteiger partial charge is 0.493 e. The van der Waals surface area contributed by atoms with Crippen molar-refractivity contribution in [2.24, 2.45) is 5.73 Å². The number of alkyl halides is 3. The zero-order valence-electron chi connectivity index (χ0n) is 21.5. The van der Waals surface area contributed by atoms with E-state index in [1.165, 1.54) is 19.2 Å². The molecule has 0 radical (unpaired) electrons. The predicted octanol–water partition coefficient (Wildman–Crippen LogP) is 5.37. The van der Waals surface area contributed by atoms with Gasteiger partial charge < -0.3 is 35.1 Å². The number of carboxylic acid groups (broad SMARTS) is 1. The summed E-state index contributed by atoms with van der Waals surface area (Å²) in [6.07, 6.45) is -3.17. The van der Waals surface area contributed by atoms with Crippen LogP contribution in [-0.4, -0.2) is 48.1 Å². The maximum Gasteiger partial charge on any atom is 0.573 e. The topological polar surface area (TPSA) is 142 Å². The third kappa shape index (κ3) is 7.76.